The highest BCUT2D eigenvalue weighted by atomic mass is 16.5. The Balaban J connectivity index is 2.02. The minimum absolute atomic E-state index is 0.541. The summed E-state index contributed by atoms with van der Waals surface area (Å²) in [6.45, 7) is 6.32. The monoisotopic (exact) mass is 269 g/mol. The van der Waals surface area contributed by atoms with Crippen LogP contribution in [0.3, 0.4) is 0 Å². The first-order chi connectivity index (χ1) is 9.70. The maximum absolute atomic E-state index is 9.20. The molecule has 1 aromatic carbocycles. The molecule has 1 aromatic heterocycles. The summed E-state index contributed by atoms with van der Waals surface area (Å²) in [5.74, 6) is 1.26. The fourth-order valence-electron chi connectivity index (χ4n) is 1.93. The third kappa shape index (κ3) is 3.69. The predicted molar refractivity (Wildman–Crippen MR) is 80.6 cm³/mol. The van der Waals surface area contributed by atoms with Crippen LogP contribution in [0.25, 0.3) is 10.9 Å². The van der Waals surface area contributed by atoms with Crippen LogP contribution in [0.15, 0.2) is 30.3 Å². The van der Waals surface area contributed by atoms with Crippen molar-refractivity contribution in [2.24, 2.45) is 5.92 Å². The largest absolute Gasteiger partial charge is 0.379 e. The van der Waals surface area contributed by atoms with Gasteiger partial charge in [0.15, 0.2) is 0 Å². The Bertz CT molecular complexity index is 617. The molecule has 0 saturated carbocycles. The van der Waals surface area contributed by atoms with Crippen molar-refractivity contribution in [3.63, 3.8) is 0 Å². The number of para-hydroxylation sites is 1. The van der Waals surface area contributed by atoms with E-state index in [0.717, 1.165) is 17.5 Å². The SMILES string of the molecule is CC(C)COCCNc1cc(C#N)c2ccccc2n1. The van der Waals surface area contributed by atoms with Crippen LogP contribution in [0.5, 0.6) is 0 Å². The van der Waals surface area contributed by atoms with Gasteiger partial charge in [0, 0.05) is 18.5 Å². The van der Waals surface area contributed by atoms with Crippen LogP contribution in [-0.2, 0) is 4.74 Å². The Hall–Kier alpha value is -2.12. The molecule has 20 heavy (non-hydrogen) atoms. The van der Waals surface area contributed by atoms with Gasteiger partial charge in [-0.2, -0.15) is 5.26 Å². The first-order valence-electron chi connectivity index (χ1n) is 6.82. The minimum atomic E-state index is 0.541. The molecule has 0 spiro atoms. The third-order valence-electron chi connectivity index (χ3n) is 2.84. The molecule has 4 heteroatoms. The lowest BCUT2D eigenvalue weighted by Gasteiger charge is -2.09. The Morgan fingerprint density at radius 3 is 2.90 bits per heavy atom. The normalized spacial score (nSPS) is 10.7. The molecule has 1 heterocycles. The highest BCUT2D eigenvalue weighted by Gasteiger charge is 2.04. The van der Waals surface area contributed by atoms with Gasteiger partial charge < -0.3 is 10.1 Å². The molecule has 0 fully saturated rings. The number of ether oxygens (including phenoxy) is 1. The van der Waals surface area contributed by atoms with Crippen molar-refractivity contribution in [3.8, 4) is 6.07 Å². The molecule has 0 bridgehead atoms. The van der Waals surface area contributed by atoms with Crippen LogP contribution in [0.1, 0.15) is 19.4 Å². The summed E-state index contributed by atoms with van der Waals surface area (Å²) in [6, 6.07) is 11.7. The van der Waals surface area contributed by atoms with Crippen LogP contribution in [-0.4, -0.2) is 24.7 Å². The van der Waals surface area contributed by atoms with E-state index in [1.807, 2.05) is 24.3 Å². The van der Waals surface area contributed by atoms with E-state index in [4.69, 9.17) is 4.74 Å². The standard InChI is InChI=1S/C16H19N3O/c1-12(2)11-20-8-7-18-16-9-13(10-17)14-5-3-4-6-15(14)19-16/h3-6,9,12H,7-8,11H2,1-2H3,(H,18,19). The van der Waals surface area contributed by atoms with Gasteiger partial charge in [0.2, 0.25) is 0 Å². The number of hydrogen-bond acceptors (Lipinski definition) is 4. The summed E-state index contributed by atoms with van der Waals surface area (Å²) >= 11 is 0. The molecule has 104 valence electrons. The Morgan fingerprint density at radius 1 is 1.35 bits per heavy atom. The maximum atomic E-state index is 9.20. The molecule has 2 rings (SSSR count). The van der Waals surface area contributed by atoms with Gasteiger partial charge in [0.25, 0.3) is 0 Å². The van der Waals surface area contributed by atoms with E-state index in [-0.39, 0.29) is 0 Å². The van der Waals surface area contributed by atoms with E-state index in [9.17, 15) is 5.26 Å². The van der Waals surface area contributed by atoms with Crippen LogP contribution in [0.4, 0.5) is 5.82 Å². The maximum Gasteiger partial charge on any atom is 0.128 e. The van der Waals surface area contributed by atoms with Crippen molar-refractivity contribution < 1.29 is 4.74 Å². The fourth-order valence-corrected chi connectivity index (χ4v) is 1.93. The second-order valence-corrected chi connectivity index (χ2v) is 5.08. The van der Waals surface area contributed by atoms with Crippen LogP contribution in [0, 0.1) is 17.2 Å². The predicted octanol–water partition coefficient (Wildman–Crippen LogP) is 3.19. The summed E-state index contributed by atoms with van der Waals surface area (Å²) < 4.78 is 5.51. The van der Waals surface area contributed by atoms with E-state index in [1.165, 1.54) is 0 Å². The number of benzene rings is 1. The second-order valence-electron chi connectivity index (χ2n) is 5.08. The number of nitrogens with zero attached hydrogens (tertiary/aromatic N) is 2. The van der Waals surface area contributed by atoms with Crippen LogP contribution >= 0.6 is 0 Å². The van der Waals surface area contributed by atoms with E-state index in [0.29, 0.717) is 30.5 Å². The van der Waals surface area contributed by atoms with Crippen molar-refractivity contribution in [2.45, 2.75) is 13.8 Å². The summed E-state index contributed by atoms with van der Waals surface area (Å²) in [6.07, 6.45) is 0. The van der Waals surface area contributed by atoms with Crippen molar-refractivity contribution in [1.82, 2.24) is 4.98 Å². The van der Waals surface area contributed by atoms with Crippen molar-refractivity contribution in [2.75, 3.05) is 25.1 Å². The minimum Gasteiger partial charge on any atom is -0.379 e. The fraction of sp³-hybridized carbons (Fsp3) is 0.375. The summed E-state index contributed by atoms with van der Waals surface area (Å²) in [4.78, 5) is 4.50. The average Bonchev–Trinajstić information content (AvgIpc) is 2.45. The van der Waals surface area contributed by atoms with Gasteiger partial charge in [0.1, 0.15) is 5.82 Å². The zero-order valence-electron chi connectivity index (χ0n) is 11.9. The first-order valence-corrected chi connectivity index (χ1v) is 6.82. The molecule has 0 aliphatic heterocycles. The highest BCUT2D eigenvalue weighted by molar-refractivity contribution is 5.86. The average molecular weight is 269 g/mol. The summed E-state index contributed by atoms with van der Waals surface area (Å²) in [5, 5.41) is 13.3. The van der Waals surface area contributed by atoms with Gasteiger partial charge in [-0.1, -0.05) is 32.0 Å². The quantitative estimate of drug-likeness (QED) is 0.818. The molecular weight excluding hydrogens is 250 g/mol. The van der Waals surface area contributed by atoms with Crippen LogP contribution < -0.4 is 5.32 Å². The van der Waals surface area contributed by atoms with Gasteiger partial charge in [-0.05, 0) is 18.1 Å². The Morgan fingerprint density at radius 2 is 2.15 bits per heavy atom. The smallest absolute Gasteiger partial charge is 0.128 e. The first kappa shape index (κ1) is 14.3. The van der Waals surface area contributed by atoms with E-state index in [2.05, 4.69) is 30.2 Å². The summed E-state index contributed by atoms with van der Waals surface area (Å²) in [5.41, 5.74) is 1.47. The lowest BCUT2D eigenvalue weighted by atomic mass is 10.1. The number of pyridine rings is 1. The van der Waals surface area contributed by atoms with Crippen molar-refractivity contribution >= 4 is 16.7 Å². The number of anilines is 1. The molecular formula is C16H19N3O. The van der Waals surface area contributed by atoms with E-state index in [1.54, 1.807) is 6.07 Å². The van der Waals surface area contributed by atoms with Gasteiger partial charge in [-0.3, -0.25) is 0 Å². The van der Waals surface area contributed by atoms with Crippen molar-refractivity contribution in [3.05, 3.63) is 35.9 Å². The van der Waals surface area contributed by atoms with Gasteiger partial charge in [-0.25, -0.2) is 4.98 Å². The number of nitriles is 1. The topological polar surface area (TPSA) is 57.9 Å². The zero-order valence-corrected chi connectivity index (χ0v) is 11.9. The molecule has 0 saturated heterocycles. The van der Waals surface area contributed by atoms with Gasteiger partial charge in [0.05, 0.1) is 23.8 Å². The Kier molecular flexibility index (Phi) is 4.91. The number of hydrogen-bond donors (Lipinski definition) is 1. The lowest BCUT2D eigenvalue weighted by Crippen LogP contribution is -2.13. The second kappa shape index (κ2) is 6.88. The van der Waals surface area contributed by atoms with E-state index < -0.39 is 0 Å². The molecule has 0 radical (unpaired) electrons. The molecule has 4 nitrogen and oxygen atoms in total. The lowest BCUT2D eigenvalue weighted by molar-refractivity contribution is 0.118. The van der Waals surface area contributed by atoms with Gasteiger partial charge >= 0.3 is 0 Å². The molecule has 0 unspecified atom stereocenters. The number of rotatable bonds is 6. The van der Waals surface area contributed by atoms with Gasteiger partial charge in [-0.15, -0.1) is 0 Å². The zero-order chi connectivity index (χ0) is 14.4. The number of fused-ring (bicyclic) bond motifs is 1. The molecule has 0 aliphatic rings. The molecule has 0 aliphatic carbocycles. The molecule has 0 atom stereocenters. The number of aromatic nitrogens is 1. The molecule has 2 aromatic rings. The highest BCUT2D eigenvalue weighted by Crippen LogP contribution is 2.19. The summed E-state index contributed by atoms with van der Waals surface area (Å²) in [7, 11) is 0. The van der Waals surface area contributed by atoms with Crippen LogP contribution in [0.2, 0.25) is 0 Å². The molecule has 0 amide bonds. The Labute approximate surface area is 119 Å². The van der Waals surface area contributed by atoms with E-state index >= 15 is 0 Å². The third-order valence-corrected chi connectivity index (χ3v) is 2.84. The number of nitrogens with one attached hydrogen (secondary N) is 1. The molecule has 1 N–H and O–H groups in total. The van der Waals surface area contributed by atoms with Crippen molar-refractivity contribution in [1.29, 1.82) is 5.26 Å².